The van der Waals surface area contributed by atoms with Gasteiger partial charge in [-0.2, -0.15) is 0 Å². The van der Waals surface area contributed by atoms with Crippen molar-refractivity contribution in [2.24, 2.45) is 0 Å². The third kappa shape index (κ3) is 12.7. The minimum Gasteiger partial charge on any atom is -0.406 e. The molecule has 0 spiro atoms. The fourth-order valence-electron chi connectivity index (χ4n) is 0.812. The highest BCUT2D eigenvalue weighted by molar-refractivity contribution is 5.27. The zero-order valence-electron chi connectivity index (χ0n) is 11.1. The molecule has 0 aliphatic heterocycles. The van der Waals surface area contributed by atoms with E-state index in [1.807, 2.05) is 13.8 Å². The number of hydrogen-bond donors (Lipinski definition) is 0. The first-order valence-corrected chi connectivity index (χ1v) is 5.71. The van der Waals surface area contributed by atoms with Gasteiger partial charge in [0.1, 0.15) is 5.75 Å². The molecule has 0 bridgehead atoms. The maximum atomic E-state index is 11.7. The van der Waals surface area contributed by atoms with E-state index >= 15 is 0 Å². The second kappa shape index (κ2) is 10.00. The largest absolute Gasteiger partial charge is 0.573 e. The van der Waals surface area contributed by atoms with Crippen LogP contribution in [0.1, 0.15) is 39.7 Å². The molecule has 0 unspecified atom stereocenters. The Kier molecular flexibility index (Phi) is 10.7. The van der Waals surface area contributed by atoms with Crippen LogP contribution in [0.3, 0.4) is 0 Å². The molecule has 1 aromatic carbocycles. The maximum Gasteiger partial charge on any atom is 0.573 e. The van der Waals surface area contributed by atoms with Gasteiger partial charge in [0.15, 0.2) is 0 Å². The molecule has 0 saturated carbocycles. The van der Waals surface area contributed by atoms with E-state index in [9.17, 15) is 13.2 Å². The van der Waals surface area contributed by atoms with Gasteiger partial charge in [0.05, 0.1) is 0 Å². The van der Waals surface area contributed by atoms with E-state index in [1.165, 1.54) is 24.6 Å². The van der Waals surface area contributed by atoms with Crippen molar-refractivity contribution in [3.05, 3.63) is 29.8 Å². The molecule has 0 aliphatic carbocycles. The van der Waals surface area contributed by atoms with Gasteiger partial charge in [-0.25, -0.2) is 0 Å². The summed E-state index contributed by atoms with van der Waals surface area (Å²) in [5.74, 6) is -0.178. The van der Waals surface area contributed by atoms with Crippen LogP contribution in [0.25, 0.3) is 0 Å². The monoisotopic (exact) mass is 250 g/mol. The van der Waals surface area contributed by atoms with Crippen LogP contribution in [0.15, 0.2) is 24.3 Å². The van der Waals surface area contributed by atoms with Crippen molar-refractivity contribution >= 4 is 0 Å². The molecule has 17 heavy (non-hydrogen) atoms. The summed E-state index contributed by atoms with van der Waals surface area (Å²) in [6.45, 7) is 9.95. The van der Waals surface area contributed by atoms with Crippen LogP contribution in [0.5, 0.6) is 5.75 Å². The molecule has 0 aromatic heterocycles. The SMILES string of the molecule is CC.CCC.Cc1cccc(OC(F)(F)F)c1. The summed E-state index contributed by atoms with van der Waals surface area (Å²) in [6.07, 6.45) is -3.35. The molecule has 4 heteroatoms. The summed E-state index contributed by atoms with van der Waals surface area (Å²) in [4.78, 5) is 0. The maximum absolute atomic E-state index is 11.7. The van der Waals surface area contributed by atoms with Gasteiger partial charge in [-0.05, 0) is 24.6 Å². The van der Waals surface area contributed by atoms with Crippen molar-refractivity contribution in [2.45, 2.75) is 47.4 Å². The van der Waals surface area contributed by atoms with Gasteiger partial charge in [-0.15, -0.1) is 13.2 Å². The highest BCUT2D eigenvalue weighted by Gasteiger charge is 2.30. The quantitative estimate of drug-likeness (QED) is 0.654. The van der Waals surface area contributed by atoms with Crippen molar-refractivity contribution in [2.75, 3.05) is 0 Å². The van der Waals surface area contributed by atoms with Crippen LogP contribution < -0.4 is 4.74 Å². The second-order valence-electron chi connectivity index (χ2n) is 3.07. The Morgan fingerprint density at radius 1 is 1.12 bits per heavy atom. The minimum atomic E-state index is -4.60. The standard InChI is InChI=1S/C8H7F3O.C3H8.C2H6/c1-6-3-2-4-7(5-6)12-8(9,10)11;1-3-2;1-2/h2-5H,1H3;3H2,1-2H3;1-2H3. The van der Waals surface area contributed by atoms with Crippen molar-refractivity contribution in [1.82, 2.24) is 0 Å². The Balaban J connectivity index is 0. The molecule has 1 rings (SSSR count). The van der Waals surface area contributed by atoms with E-state index in [4.69, 9.17) is 0 Å². The van der Waals surface area contributed by atoms with Crippen molar-refractivity contribution in [3.8, 4) is 5.75 Å². The molecule has 0 N–H and O–H groups in total. The molecule has 0 amide bonds. The van der Waals surface area contributed by atoms with Gasteiger partial charge in [-0.3, -0.25) is 0 Å². The van der Waals surface area contributed by atoms with Crippen LogP contribution >= 0.6 is 0 Å². The van der Waals surface area contributed by atoms with Gasteiger partial charge < -0.3 is 4.74 Å². The Morgan fingerprint density at radius 3 is 1.94 bits per heavy atom. The van der Waals surface area contributed by atoms with E-state index in [2.05, 4.69) is 18.6 Å². The van der Waals surface area contributed by atoms with Crippen LogP contribution in [-0.4, -0.2) is 6.36 Å². The van der Waals surface area contributed by atoms with Crippen LogP contribution in [0.4, 0.5) is 13.2 Å². The number of aryl methyl sites for hydroxylation is 1. The van der Waals surface area contributed by atoms with Crippen LogP contribution in [0.2, 0.25) is 0 Å². The third-order valence-electron chi connectivity index (χ3n) is 1.22. The van der Waals surface area contributed by atoms with Crippen molar-refractivity contribution in [3.63, 3.8) is 0 Å². The summed E-state index contributed by atoms with van der Waals surface area (Å²) in [7, 11) is 0. The number of rotatable bonds is 1. The average Bonchev–Trinajstić information content (AvgIpc) is 2.19. The van der Waals surface area contributed by atoms with Gasteiger partial charge in [0.25, 0.3) is 0 Å². The normalized spacial score (nSPS) is 9.41. The molecule has 0 aliphatic rings. The first-order chi connectivity index (χ1) is 7.89. The van der Waals surface area contributed by atoms with E-state index < -0.39 is 6.36 Å². The molecule has 0 fully saturated rings. The van der Waals surface area contributed by atoms with E-state index in [-0.39, 0.29) is 5.75 Å². The third-order valence-corrected chi connectivity index (χ3v) is 1.22. The van der Waals surface area contributed by atoms with Crippen LogP contribution in [-0.2, 0) is 0 Å². The van der Waals surface area contributed by atoms with Crippen LogP contribution in [0, 0.1) is 6.92 Å². The number of alkyl halides is 3. The van der Waals surface area contributed by atoms with Crippen molar-refractivity contribution < 1.29 is 17.9 Å². The summed E-state index contributed by atoms with van der Waals surface area (Å²) in [6, 6.07) is 5.80. The fourth-order valence-corrected chi connectivity index (χ4v) is 0.812. The number of hydrogen-bond acceptors (Lipinski definition) is 1. The predicted molar refractivity (Wildman–Crippen MR) is 65.2 cm³/mol. The Bertz CT molecular complexity index is 282. The van der Waals surface area contributed by atoms with E-state index in [0.717, 1.165) is 5.56 Å². The zero-order valence-corrected chi connectivity index (χ0v) is 11.1. The molecule has 0 atom stereocenters. The van der Waals surface area contributed by atoms with Gasteiger partial charge in [0.2, 0.25) is 0 Å². The average molecular weight is 250 g/mol. The highest BCUT2D eigenvalue weighted by Crippen LogP contribution is 2.22. The lowest BCUT2D eigenvalue weighted by atomic mass is 10.2. The van der Waals surface area contributed by atoms with E-state index in [1.54, 1.807) is 13.0 Å². The van der Waals surface area contributed by atoms with E-state index in [0.29, 0.717) is 0 Å². The Hall–Kier alpha value is -1.19. The first kappa shape index (κ1) is 18.2. The Labute approximate surface area is 102 Å². The molecule has 0 heterocycles. The molecule has 1 aromatic rings. The lowest BCUT2D eigenvalue weighted by molar-refractivity contribution is -0.274. The summed E-state index contributed by atoms with van der Waals surface area (Å²) >= 11 is 0. The van der Waals surface area contributed by atoms with Gasteiger partial charge >= 0.3 is 6.36 Å². The minimum absolute atomic E-state index is 0.178. The second-order valence-corrected chi connectivity index (χ2v) is 3.07. The van der Waals surface area contributed by atoms with Gasteiger partial charge in [0, 0.05) is 0 Å². The molecule has 0 saturated heterocycles. The molecule has 100 valence electrons. The lowest BCUT2D eigenvalue weighted by Gasteiger charge is -2.08. The zero-order chi connectivity index (χ0) is 13.9. The smallest absolute Gasteiger partial charge is 0.406 e. The fraction of sp³-hybridized carbons (Fsp3) is 0.538. The number of halogens is 3. The molecular weight excluding hydrogens is 229 g/mol. The molecule has 0 radical (unpaired) electrons. The highest BCUT2D eigenvalue weighted by atomic mass is 19.4. The summed E-state index contributed by atoms with van der Waals surface area (Å²) in [5.41, 5.74) is 0.733. The van der Waals surface area contributed by atoms with Gasteiger partial charge in [-0.1, -0.05) is 46.2 Å². The predicted octanol–water partition coefficient (Wildman–Crippen LogP) is 5.34. The topological polar surface area (TPSA) is 9.23 Å². The number of ether oxygens (including phenoxy) is 1. The summed E-state index contributed by atoms with van der Waals surface area (Å²) in [5, 5.41) is 0. The first-order valence-electron chi connectivity index (χ1n) is 5.71. The Morgan fingerprint density at radius 2 is 1.59 bits per heavy atom. The molecule has 1 nitrogen and oxygen atoms in total. The number of benzene rings is 1. The summed E-state index contributed by atoms with van der Waals surface area (Å²) < 4.78 is 38.6. The van der Waals surface area contributed by atoms with Crippen molar-refractivity contribution in [1.29, 1.82) is 0 Å². The lowest BCUT2D eigenvalue weighted by Crippen LogP contribution is -2.17. The molecular formula is C13H21F3O.